The molecule has 1 aliphatic heterocycles. The third-order valence-corrected chi connectivity index (χ3v) is 7.28. The summed E-state index contributed by atoms with van der Waals surface area (Å²) in [5.41, 5.74) is 6.14. The highest BCUT2D eigenvalue weighted by Gasteiger charge is 2.35. The lowest BCUT2D eigenvalue weighted by Gasteiger charge is -2.36. The van der Waals surface area contributed by atoms with E-state index in [1.807, 2.05) is 6.92 Å². The Morgan fingerprint density at radius 1 is 1.42 bits per heavy atom. The number of hydrogen-bond acceptors (Lipinski definition) is 4. The van der Waals surface area contributed by atoms with E-state index >= 15 is 0 Å². The molecule has 2 unspecified atom stereocenters. The molecule has 1 aliphatic rings. The van der Waals surface area contributed by atoms with Gasteiger partial charge in [-0.2, -0.15) is 16.1 Å². The molecule has 0 radical (unpaired) electrons. The molecule has 2 atom stereocenters. The van der Waals surface area contributed by atoms with Gasteiger partial charge in [-0.05, 0) is 25.1 Å². The summed E-state index contributed by atoms with van der Waals surface area (Å²) in [6.07, 6.45) is 0. The van der Waals surface area contributed by atoms with E-state index in [4.69, 9.17) is 5.73 Å². The lowest BCUT2D eigenvalue weighted by atomic mass is 10.2. The largest absolute Gasteiger partial charge is 0.398 e. The summed E-state index contributed by atoms with van der Waals surface area (Å²) in [7, 11) is -3.52. The molecule has 0 saturated carbocycles. The topological polar surface area (TPSA) is 63.4 Å². The second kappa shape index (κ2) is 5.63. The van der Waals surface area contributed by atoms with Crippen LogP contribution in [0.5, 0.6) is 0 Å². The van der Waals surface area contributed by atoms with Crippen LogP contribution in [-0.2, 0) is 10.0 Å². The molecule has 2 N–H and O–H groups in total. The molecule has 4 nitrogen and oxygen atoms in total. The average molecular weight is 365 g/mol. The van der Waals surface area contributed by atoms with Crippen LogP contribution in [0.25, 0.3) is 0 Å². The summed E-state index contributed by atoms with van der Waals surface area (Å²) in [5, 5.41) is 0.292. The van der Waals surface area contributed by atoms with Gasteiger partial charge in [-0.25, -0.2) is 8.42 Å². The number of hydrogen-bond donors (Lipinski definition) is 1. The van der Waals surface area contributed by atoms with E-state index in [2.05, 4.69) is 22.9 Å². The minimum Gasteiger partial charge on any atom is -0.398 e. The molecular weight excluding hydrogens is 348 g/mol. The molecule has 19 heavy (non-hydrogen) atoms. The Hall–Kier alpha value is -0.240. The SMILES string of the molecule is CC1SCCN(S(=O)(=O)c2ccc(Br)cc2N)C1C. The first-order valence-electron chi connectivity index (χ1n) is 6.02. The zero-order valence-corrected chi connectivity index (χ0v) is 14.1. The molecule has 106 valence electrons. The molecule has 0 aromatic heterocycles. The minimum atomic E-state index is -3.52. The van der Waals surface area contributed by atoms with Crippen molar-refractivity contribution < 1.29 is 8.42 Å². The summed E-state index contributed by atoms with van der Waals surface area (Å²) in [6, 6.07) is 4.87. The van der Waals surface area contributed by atoms with Crippen LogP contribution in [0.4, 0.5) is 5.69 Å². The summed E-state index contributed by atoms with van der Waals surface area (Å²) < 4.78 is 27.7. The molecule has 2 rings (SSSR count). The maximum Gasteiger partial charge on any atom is 0.245 e. The van der Waals surface area contributed by atoms with Gasteiger partial charge in [0, 0.05) is 28.1 Å². The zero-order valence-electron chi connectivity index (χ0n) is 10.8. The third-order valence-electron chi connectivity index (χ3n) is 3.38. The van der Waals surface area contributed by atoms with Crippen molar-refractivity contribution in [1.82, 2.24) is 4.31 Å². The van der Waals surface area contributed by atoms with E-state index in [0.717, 1.165) is 10.2 Å². The maximum atomic E-state index is 12.7. The molecule has 0 amide bonds. The molecule has 1 aromatic rings. The van der Waals surface area contributed by atoms with Gasteiger partial charge in [-0.1, -0.05) is 22.9 Å². The number of thioether (sulfide) groups is 1. The molecule has 0 spiro atoms. The normalized spacial score (nSPS) is 25.4. The van der Waals surface area contributed by atoms with Crippen molar-refractivity contribution in [3.8, 4) is 0 Å². The van der Waals surface area contributed by atoms with E-state index in [1.54, 1.807) is 34.3 Å². The Bertz CT molecular complexity index is 577. The van der Waals surface area contributed by atoms with E-state index in [0.29, 0.717) is 11.8 Å². The van der Waals surface area contributed by atoms with Crippen LogP contribution in [-0.4, -0.2) is 36.3 Å². The number of nitrogens with zero attached hydrogens (tertiary/aromatic N) is 1. The fourth-order valence-corrected chi connectivity index (χ4v) is 5.60. The maximum absolute atomic E-state index is 12.7. The molecular formula is C12H17BrN2O2S2. The predicted molar refractivity (Wildman–Crippen MR) is 83.8 cm³/mol. The van der Waals surface area contributed by atoms with Crippen LogP contribution in [0.1, 0.15) is 13.8 Å². The van der Waals surface area contributed by atoms with Gasteiger partial charge in [0.05, 0.1) is 5.69 Å². The first kappa shape index (κ1) is 15.2. The van der Waals surface area contributed by atoms with Crippen LogP contribution < -0.4 is 5.73 Å². The molecule has 0 aliphatic carbocycles. The number of rotatable bonds is 2. The van der Waals surface area contributed by atoms with E-state index in [-0.39, 0.29) is 16.6 Å². The van der Waals surface area contributed by atoms with Gasteiger partial charge in [0.2, 0.25) is 10.0 Å². The Labute approximate surface area is 126 Å². The summed E-state index contributed by atoms with van der Waals surface area (Å²) >= 11 is 5.09. The fourth-order valence-electron chi connectivity index (χ4n) is 2.13. The van der Waals surface area contributed by atoms with Gasteiger partial charge in [0.15, 0.2) is 0 Å². The van der Waals surface area contributed by atoms with Crippen molar-refractivity contribution in [1.29, 1.82) is 0 Å². The summed E-state index contributed by atoms with van der Waals surface area (Å²) in [5.74, 6) is 0.821. The number of sulfonamides is 1. The van der Waals surface area contributed by atoms with Gasteiger partial charge in [0.1, 0.15) is 4.90 Å². The average Bonchev–Trinajstić information content (AvgIpc) is 2.31. The highest BCUT2D eigenvalue weighted by molar-refractivity contribution is 9.10. The van der Waals surface area contributed by atoms with Gasteiger partial charge in [-0.3, -0.25) is 0 Å². The van der Waals surface area contributed by atoms with Crippen LogP contribution in [0.2, 0.25) is 0 Å². The van der Waals surface area contributed by atoms with Gasteiger partial charge >= 0.3 is 0 Å². The lowest BCUT2D eigenvalue weighted by molar-refractivity contribution is 0.340. The van der Waals surface area contributed by atoms with E-state index < -0.39 is 10.0 Å². The first-order chi connectivity index (χ1) is 8.84. The van der Waals surface area contributed by atoms with Crippen molar-refractivity contribution in [3.63, 3.8) is 0 Å². The second-order valence-electron chi connectivity index (χ2n) is 4.61. The van der Waals surface area contributed by atoms with Crippen molar-refractivity contribution in [2.24, 2.45) is 0 Å². The van der Waals surface area contributed by atoms with Crippen LogP contribution in [0.15, 0.2) is 27.6 Å². The third kappa shape index (κ3) is 2.94. The molecule has 7 heteroatoms. The van der Waals surface area contributed by atoms with E-state index in [9.17, 15) is 8.42 Å². The van der Waals surface area contributed by atoms with Crippen LogP contribution in [0, 0.1) is 0 Å². The van der Waals surface area contributed by atoms with Crippen molar-refractivity contribution in [3.05, 3.63) is 22.7 Å². The Kier molecular flexibility index (Phi) is 4.49. The van der Waals surface area contributed by atoms with Crippen molar-refractivity contribution in [2.45, 2.75) is 30.0 Å². The lowest BCUT2D eigenvalue weighted by Crippen LogP contribution is -2.47. The minimum absolute atomic E-state index is 0.0215. The highest BCUT2D eigenvalue weighted by Crippen LogP contribution is 2.32. The molecule has 1 aromatic carbocycles. The Morgan fingerprint density at radius 3 is 2.74 bits per heavy atom. The van der Waals surface area contributed by atoms with Crippen LogP contribution >= 0.6 is 27.7 Å². The Balaban J connectivity index is 2.41. The fraction of sp³-hybridized carbons (Fsp3) is 0.500. The number of halogens is 1. The van der Waals surface area contributed by atoms with Gasteiger partial charge < -0.3 is 5.73 Å². The summed E-state index contributed by atoms with van der Waals surface area (Å²) in [4.78, 5) is 0.196. The molecule has 1 heterocycles. The second-order valence-corrected chi connectivity index (χ2v) is 8.87. The first-order valence-corrected chi connectivity index (χ1v) is 9.30. The summed E-state index contributed by atoms with van der Waals surface area (Å²) in [6.45, 7) is 4.54. The van der Waals surface area contributed by atoms with E-state index in [1.165, 1.54) is 0 Å². The van der Waals surface area contributed by atoms with Gasteiger partial charge in [0.25, 0.3) is 0 Å². The molecule has 1 fully saturated rings. The monoisotopic (exact) mass is 364 g/mol. The number of anilines is 1. The smallest absolute Gasteiger partial charge is 0.245 e. The number of nitrogens with two attached hydrogens (primary N) is 1. The zero-order chi connectivity index (χ0) is 14.2. The number of nitrogen functional groups attached to an aromatic ring is 1. The predicted octanol–water partition coefficient (Wildman–Crippen LogP) is 2.55. The van der Waals surface area contributed by atoms with Crippen molar-refractivity contribution >= 4 is 43.4 Å². The highest BCUT2D eigenvalue weighted by atomic mass is 79.9. The number of benzene rings is 1. The van der Waals surface area contributed by atoms with Crippen LogP contribution in [0.3, 0.4) is 0 Å². The molecule has 0 bridgehead atoms. The standard InChI is InChI=1S/C12H17BrN2O2S2/c1-8-9(2)18-6-5-15(8)19(16,17)12-4-3-10(13)7-11(12)14/h3-4,7-9H,5-6,14H2,1-2H3. The molecule has 1 saturated heterocycles. The Morgan fingerprint density at radius 2 is 2.11 bits per heavy atom. The quantitative estimate of drug-likeness (QED) is 0.819. The van der Waals surface area contributed by atoms with Gasteiger partial charge in [-0.15, -0.1) is 0 Å². The van der Waals surface area contributed by atoms with Crippen molar-refractivity contribution in [2.75, 3.05) is 18.0 Å².